The Morgan fingerprint density at radius 3 is 2.59 bits per heavy atom. The first-order chi connectivity index (χ1) is 8.06. The van der Waals surface area contributed by atoms with Gasteiger partial charge in [-0.25, -0.2) is 4.79 Å². The van der Waals surface area contributed by atoms with Crippen molar-refractivity contribution < 1.29 is 20.1 Å². The number of carboxylic acids is 1. The molecule has 0 saturated heterocycles. The molecule has 0 fully saturated rings. The summed E-state index contributed by atoms with van der Waals surface area (Å²) in [6.45, 7) is 0. The van der Waals surface area contributed by atoms with Gasteiger partial charge in [0.2, 0.25) is 0 Å². The largest absolute Gasteiger partial charge is 0.478 e. The van der Waals surface area contributed by atoms with E-state index in [9.17, 15) is 15.0 Å². The molecule has 88 valence electrons. The highest BCUT2D eigenvalue weighted by Gasteiger charge is 2.19. The molecule has 17 heavy (non-hydrogen) atoms. The van der Waals surface area contributed by atoms with E-state index in [4.69, 9.17) is 10.4 Å². The number of benzene rings is 1. The molecule has 2 unspecified atom stereocenters. The molecule has 1 rings (SSSR count). The van der Waals surface area contributed by atoms with Gasteiger partial charge in [-0.15, -0.1) is 0 Å². The maximum Gasteiger partial charge on any atom is 0.328 e. The lowest BCUT2D eigenvalue weighted by atomic mass is 9.99. The third kappa shape index (κ3) is 3.41. The summed E-state index contributed by atoms with van der Waals surface area (Å²) in [5.41, 5.74) is 0.746. The Morgan fingerprint density at radius 2 is 2.00 bits per heavy atom. The Morgan fingerprint density at radius 1 is 1.35 bits per heavy atom. The van der Waals surface area contributed by atoms with Gasteiger partial charge in [-0.1, -0.05) is 24.3 Å². The van der Waals surface area contributed by atoms with Crippen LogP contribution < -0.4 is 0 Å². The highest BCUT2D eigenvalue weighted by Crippen LogP contribution is 2.22. The molecule has 0 spiro atoms. The molecule has 1 aromatic carbocycles. The van der Waals surface area contributed by atoms with Crippen molar-refractivity contribution in [2.24, 2.45) is 0 Å². The lowest BCUT2D eigenvalue weighted by Gasteiger charge is -2.14. The number of nitriles is 1. The molecule has 5 heteroatoms. The zero-order valence-electron chi connectivity index (χ0n) is 8.82. The van der Waals surface area contributed by atoms with E-state index in [1.54, 1.807) is 18.2 Å². The summed E-state index contributed by atoms with van der Waals surface area (Å²) >= 11 is 0. The van der Waals surface area contributed by atoms with Crippen molar-refractivity contribution in [3.8, 4) is 6.07 Å². The maximum atomic E-state index is 10.4. The van der Waals surface area contributed by atoms with E-state index in [-0.39, 0.29) is 0 Å². The second-order valence-electron chi connectivity index (χ2n) is 3.32. The van der Waals surface area contributed by atoms with E-state index in [2.05, 4.69) is 0 Å². The van der Waals surface area contributed by atoms with Crippen molar-refractivity contribution in [2.45, 2.75) is 12.2 Å². The summed E-state index contributed by atoms with van der Waals surface area (Å²) in [6, 6.07) is 7.92. The van der Waals surface area contributed by atoms with Crippen molar-refractivity contribution in [1.82, 2.24) is 0 Å². The quantitative estimate of drug-likeness (QED) is 0.525. The molecule has 0 aromatic heterocycles. The number of hydrogen-bond donors (Lipinski definition) is 3. The van der Waals surface area contributed by atoms with Crippen molar-refractivity contribution in [3.63, 3.8) is 0 Å². The van der Waals surface area contributed by atoms with Crippen molar-refractivity contribution in [3.05, 3.63) is 41.5 Å². The number of rotatable bonds is 4. The van der Waals surface area contributed by atoms with Crippen LogP contribution in [-0.2, 0) is 4.79 Å². The van der Waals surface area contributed by atoms with Crippen LogP contribution in [0.4, 0.5) is 0 Å². The molecule has 5 nitrogen and oxygen atoms in total. The van der Waals surface area contributed by atoms with Gasteiger partial charge in [0.1, 0.15) is 6.10 Å². The Balaban J connectivity index is 3.08. The smallest absolute Gasteiger partial charge is 0.328 e. The zero-order valence-corrected chi connectivity index (χ0v) is 8.82. The first kappa shape index (κ1) is 12.9. The van der Waals surface area contributed by atoms with Crippen LogP contribution in [0.25, 0.3) is 6.08 Å². The van der Waals surface area contributed by atoms with Crippen LogP contribution >= 0.6 is 0 Å². The molecule has 0 bridgehead atoms. The Hall–Kier alpha value is -2.16. The molecule has 2 atom stereocenters. The lowest BCUT2D eigenvalue weighted by Crippen LogP contribution is -2.16. The van der Waals surface area contributed by atoms with Crippen LogP contribution in [0.15, 0.2) is 30.3 Å². The Kier molecular flexibility index (Phi) is 4.40. The highest BCUT2D eigenvalue weighted by atomic mass is 16.4. The minimum absolute atomic E-state index is 0.305. The highest BCUT2D eigenvalue weighted by molar-refractivity contribution is 5.85. The van der Waals surface area contributed by atoms with Gasteiger partial charge >= 0.3 is 5.97 Å². The standard InChI is InChI=1S/C12H11NO4/c13-7-10(14)12(17)9-4-2-1-3-8(9)5-6-11(15)16/h1-6,10,12,14,17H,(H,15,16)/b6-5+. The number of carboxylic acid groups (broad SMARTS) is 1. The summed E-state index contributed by atoms with van der Waals surface area (Å²) in [5.74, 6) is -1.12. The van der Waals surface area contributed by atoms with Crippen LogP contribution in [0, 0.1) is 11.3 Å². The Labute approximate surface area is 97.9 Å². The molecule has 0 aliphatic carbocycles. The number of aliphatic carboxylic acids is 1. The molecule has 0 amide bonds. The number of nitrogens with zero attached hydrogens (tertiary/aromatic N) is 1. The first-order valence-corrected chi connectivity index (χ1v) is 4.82. The van der Waals surface area contributed by atoms with Crippen molar-refractivity contribution in [1.29, 1.82) is 5.26 Å². The third-order valence-corrected chi connectivity index (χ3v) is 2.15. The topological polar surface area (TPSA) is 102 Å². The van der Waals surface area contributed by atoms with E-state index in [1.165, 1.54) is 18.2 Å². The fraction of sp³-hybridized carbons (Fsp3) is 0.167. The van der Waals surface area contributed by atoms with E-state index in [0.717, 1.165) is 6.08 Å². The van der Waals surface area contributed by atoms with Gasteiger partial charge in [0, 0.05) is 6.08 Å². The molecule has 0 heterocycles. The fourth-order valence-electron chi connectivity index (χ4n) is 1.33. The molecule has 1 aromatic rings. The maximum absolute atomic E-state index is 10.4. The predicted molar refractivity (Wildman–Crippen MR) is 59.7 cm³/mol. The summed E-state index contributed by atoms with van der Waals surface area (Å²) in [4.78, 5) is 10.4. The monoisotopic (exact) mass is 233 g/mol. The van der Waals surface area contributed by atoms with Crippen molar-refractivity contribution in [2.75, 3.05) is 0 Å². The first-order valence-electron chi connectivity index (χ1n) is 4.82. The summed E-state index contributed by atoms with van der Waals surface area (Å²) in [7, 11) is 0. The van der Waals surface area contributed by atoms with Gasteiger partial charge in [-0.3, -0.25) is 0 Å². The minimum Gasteiger partial charge on any atom is -0.478 e. The van der Waals surface area contributed by atoms with Crippen LogP contribution in [0.2, 0.25) is 0 Å². The summed E-state index contributed by atoms with van der Waals surface area (Å²) < 4.78 is 0. The summed E-state index contributed by atoms with van der Waals surface area (Å²) in [5, 5.41) is 35.9. The predicted octanol–water partition coefficient (Wildman–Crippen LogP) is 0.702. The molecule has 0 saturated carbocycles. The molecular formula is C12H11NO4. The van der Waals surface area contributed by atoms with Gasteiger partial charge in [0.25, 0.3) is 0 Å². The van der Waals surface area contributed by atoms with E-state index in [0.29, 0.717) is 11.1 Å². The molecular weight excluding hydrogens is 222 g/mol. The zero-order chi connectivity index (χ0) is 12.8. The van der Waals surface area contributed by atoms with Crippen LogP contribution in [0.1, 0.15) is 17.2 Å². The normalized spacial score (nSPS) is 14.2. The van der Waals surface area contributed by atoms with Crippen LogP contribution in [0.3, 0.4) is 0 Å². The lowest BCUT2D eigenvalue weighted by molar-refractivity contribution is -0.131. The van der Waals surface area contributed by atoms with Gasteiger partial charge in [-0.2, -0.15) is 5.26 Å². The van der Waals surface area contributed by atoms with Gasteiger partial charge < -0.3 is 15.3 Å². The second-order valence-corrected chi connectivity index (χ2v) is 3.32. The molecule has 0 aliphatic rings. The van der Waals surface area contributed by atoms with E-state index >= 15 is 0 Å². The van der Waals surface area contributed by atoms with E-state index in [1.807, 2.05) is 0 Å². The fourth-order valence-corrected chi connectivity index (χ4v) is 1.33. The third-order valence-electron chi connectivity index (χ3n) is 2.15. The number of aliphatic hydroxyl groups excluding tert-OH is 2. The van der Waals surface area contributed by atoms with Crippen LogP contribution in [-0.4, -0.2) is 27.4 Å². The van der Waals surface area contributed by atoms with Crippen LogP contribution in [0.5, 0.6) is 0 Å². The van der Waals surface area contributed by atoms with Gasteiger partial charge in [0.05, 0.1) is 6.07 Å². The average Bonchev–Trinajstić information content (AvgIpc) is 2.34. The van der Waals surface area contributed by atoms with Gasteiger partial charge in [0.15, 0.2) is 6.10 Å². The second kappa shape index (κ2) is 5.80. The number of aliphatic hydroxyl groups is 2. The summed E-state index contributed by atoms with van der Waals surface area (Å²) in [6.07, 6.45) is -0.695. The molecule has 0 aliphatic heterocycles. The molecule has 3 N–H and O–H groups in total. The van der Waals surface area contributed by atoms with Gasteiger partial charge in [-0.05, 0) is 17.2 Å². The van der Waals surface area contributed by atoms with E-state index < -0.39 is 18.2 Å². The number of carbonyl (C=O) groups is 1. The number of hydrogen-bond acceptors (Lipinski definition) is 4. The molecule has 0 radical (unpaired) electrons. The Bertz CT molecular complexity index is 476. The average molecular weight is 233 g/mol. The minimum atomic E-state index is -1.55. The SMILES string of the molecule is N#CC(O)C(O)c1ccccc1/C=C/C(=O)O. The van der Waals surface area contributed by atoms with Crippen molar-refractivity contribution >= 4 is 12.0 Å².